The number of phenolic OH excluding ortho intramolecular Hbond substituents is 1. The average Bonchev–Trinajstić information content (AvgIpc) is 2.35. The summed E-state index contributed by atoms with van der Waals surface area (Å²) in [4.78, 5) is 11.4. The van der Waals surface area contributed by atoms with E-state index in [2.05, 4.69) is 4.74 Å². The summed E-state index contributed by atoms with van der Waals surface area (Å²) in [5.74, 6) is -0.173. The zero-order valence-corrected chi connectivity index (χ0v) is 10.0. The van der Waals surface area contributed by atoms with E-state index >= 15 is 0 Å². The standard InChI is InChI=1S/C12H17NO4/c1-16-11-7-10(14)9(12(15)17-2)6-8(11)4-3-5-13/h6-7,14H,3-5,13H2,1-2H3. The summed E-state index contributed by atoms with van der Waals surface area (Å²) in [6.45, 7) is 0.553. The van der Waals surface area contributed by atoms with E-state index in [1.54, 1.807) is 6.07 Å². The highest BCUT2D eigenvalue weighted by Gasteiger charge is 2.15. The molecule has 0 fully saturated rings. The number of aromatic hydroxyl groups is 1. The quantitative estimate of drug-likeness (QED) is 0.751. The van der Waals surface area contributed by atoms with E-state index in [1.807, 2.05) is 0 Å². The van der Waals surface area contributed by atoms with Gasteiger partial charge >= 0.3 is 5.97 Å². The Morgan fingerprint density at radius 1 is 1.41 bits per heavy atom. The molecule has 0 aromatic heterocycles. The van der Waals surface area contributed by atoms with Gasteiger partial charge in [-0.15, -0.1) is 0 Å². The Morgan fingerprint density at radius 2 is 2.12 bits per heavy atom. The van der Waals surface area contributed by atoms with Gasteiger partial charge < -0.3 is 20.3 Å². The van der Waals surface area contributed by atoms with Crippen molar-refractivity contribution in [2.75, 3.05) is 20.8 Å². The van der Waals surface area contributed by atoms with Crippen LogP contribution in [-0.2, 0) is 11.2 Å². The van der Waals surface area contributed by atoms with Crippen LogP contribution in [0.5, 0.6) is 11.5 Å². The monoisotopic (exact) mass is 239 g/mol. The largest absolute Gasteiger partial charge is 0.507 e. The first-order valence-electron chi connectivity index (χ1n) is 5.32. The van der Waals surface area contributed by atoms with E-state index in [-0.39, 0.29) is 11.3 Å². The lowest BCUT2D eigenvalue weighted by Crippen LogP contribution is -2.06. The van der Waals surface area contributed by atoms with E-state index < -0.39 is 5.97 Å². The molecule has 3 N–H and O–H groups in total. The molecule has 0 atom stereocenters. The van der Waals surface area contributed by atoms with Crippen molar-refractivity contribution in [3.8, 4) is 11.5 Å². The van der Waals surface area contributed by atoms with Crippen LogP contribution in [0.1, 0.15) is 22.3 Å². The lowest BCUT2D eigenvalue weighted by Gasteiger charge is -2.11. The summed E-state index contributed by atoms with van der Waals surface area (Å²) in [6, 6.07) is 2.99. The minimum atomic E-state index is -0.570. The third-order valence-corrected chi connectivity index (χ3v) is 2.45. The van der Waals surface area contributed by atoms with Gasteiger partial charge in [-0.3, -0.25) is 0 Å². The van der Waals surface area contributed by atoms with Crippen molar-refractivity contribution in [2.45, 2.75) is 12.8 Å². The van der Waals surface area contributed by atoms with Crippen LogP contribution in [0.2, 0.25) is 0 Å². The Balaban J connectivity index is 3.12. The van der Waals surface area contributed by atoms with Gasteiger partial charge in [-0.1, -0.05) is 0 Å². The van der Waals surface area contributed by atoms with E-state index in [9.17, 15) is 9.90 Å². The van der Waals surface area contributed by atoms with Crippen LogP contribution in [0.3, 0.4) is 0 Å². The molecular weight excluding hydrogens is 222 g/mol. The van der Waals surface area contributed by atoms with E-state index in [0.717, 1.165) is 12.0 Å². The fourth-order valence-electron chi connectivity index (χ4n) is 1.57. The molecule has 5 nitrogen and oxygen atoms in total. The summed E-state index contributed by atoms with van der Waals surface area (Å²) in [5.41, 5.74) is 6.41. The van der Waals surface area contributed by atoms with Crippen LogP contribution < -0.4 is 10.5 Å². The maximum atomic E-state index is 11.4. The van der Waals surface area contributed by atoms with Crippen molar-refractivity contribution in [3.63, 3.8) is 0 Å². The molecule has 0 amide bonds. The predicted molar refractivity (Wildman–Crippen MR) is 63.4 cm³/mol. The summed E-state index contributed by atoms with van der Waals surface area (Å²) in [7, 11) is 2.78. The van der Waals surface area contributed by atoms with Gasteiger partial charge in [0.05, 0.1) is 14.2 Å². The Hall–Kier alpha value is -1.75. The Labute approximate surface area is 100 Å². The third kappa shape index (κ3) is 3.10. The topological polar surface area (TPSA) is 81.8 Å². The number of hydrogen-bond donors (Lipinski definition) is 2. The van der Waals surface area contributed by atoms with Gasteiger partial charge in [-0.2, -0.15) is 0 Å². The molecule has 0 bridgehead atoms. The Kier molecular flexibility index (Phi) is 4.78. The van der Waals surface area contributed by atoms with Gasteiger partial charge in [0.25, 0.3) is 0 Å². The lowest BCUT2D eigenvalue weighted by molar-refractivity contribution is 0.0597. The molecular formula is C12H17NO4. The van der Waals surface area contributed by atoms with Crippen molar-refractivity contribution in [1.82, 2.24) is 0 Å². The zero-order chi connectivity index (χ0) is 12.8. The maximum absolute atomic E-state index is 11.4. The Morgan fingerprint density at radius 3 is 2.65 bits per heavy atom. The normalized spacial score (nSPS) is 10.1. The highest BCUT2D eigenvalue weighted by molar-refractivity contribution is 5.92. The van der Waals surface area contributed by atoms with Crippen LogP contribution >= 0.6 is 0 Å². The van der Waals surface area contributed by atoms with Gasteiger partial charge in [0.1, 0.15) is 17.1 Å². The molecule has 0 spiro atoms. The molecule has 0 unspecified atom stereocenters. The van der Waals surface area contributed by atoms with E-state index in [4.69, 9.17) is 10.5 Å². The van der Waals surface area contributed by atoms with Crippen molar-refractivity contribution >= 4 is 5.97 Å². The van der Waals surface area contributed by atoms with Crippen LogP contribution in [0.15, 0.2) is 12.1 Å². The van der Waals surface area contributed by atoms with Crippen LogP contribution in [0, 0.1) is 0 Å². The van der Waals surface area contributed by atoms with Crippen molar-refractivity contribution in [3.05, 3.63) is 23.3 Å². The van der Waals surface area contributed by atoms with Gasteiger partial charge in [0, 0.05) is 6.07 Å². The molecule has 0 saturated carbocycles. The molecule has 17 heavy (non-hydrogen) atoms. The number of benzene rings is 1. The molecule has 0 saturated heterocycles. The van der Waals surface area contributed by atoms with E-state index in [1.165, 1.54) is 20.3 Å². The number of phenols is 1. The smallest absolute Gasteiger partial charge is 0.341 e. The molecule has 1 aromatic rings. The molecule has 0 radical (unpaired) electrons. The van der Waals surface area contributed by atoms with Crippen molar-refractivity contribution in [2.24, 2.45) is 5.73 Å². The molecule has 0 aliphatic heterocycles. The zero-order valence-electron chi connectivity index (χ0n) is 10.0. The summed E-state index contributed by atoms with van der Waals surface area (Å²) in [5, 5.41) is 9.67. The minimum absolute atomic E-state index is 0.139. The summed E-state index contributed by atoms with van der Waals surface area (Å²) >= 11 is 0. The number of esters is 1. The van der Waals surface area contributed by atoms with Crippen LogP contribution in [0.4, 0.5) is 0 Å². The van der Waals surface area contributed by atoms with Gasteiger partial charge in [0.2, 0.25) is 0 Å². The van der Waals surface area contributed by atoms with Crippen molar-refractivity contribution in [1.29, 1.82) is 0 Å². The lowest BCUT2D eigenvalue weighted by atomic mass is 10.0. The molecule has 0 aliphatic rings. The fraction of sp³-hybridized carbons (Fsp3) is 0.417. The number of hydrogen-bond acceptors (Lipinski definition) is 5. The number of carbonyl (C=O) groups is 1. The second kappa shape index (κ2) is 6.10. The summed E-state index contributed by atoms with van der Waals surface area (Å²) in [6.07, 6.45) is 1.46. The van der Waals surface area contributed by atoms with Gasteiger partial charge in [-0.25, -0.2) is 4.79 Å². The highest BCUT2D eigenvalue weighted by Crippen LogP contribution is 2.29. The molecule has 1 aromatic carbocycles. The average molecular weight is 239 g/mol. The van der Waals surface area contributed by atoms with Crippen LogP contribution in [0.25, 0.3) is 0 Å². The minimum Gasteiger partial charge on any atom is -0.507 e. The molecule has 0 heterocycles. The highest BCUT2D eigenvalue weighted by atomic mass is 16.5. The Bertz CT molecular complexity index is 404. The van der Waals surface area contributed by atoms with E-state index in [0.29, 0.717) is 18.7 Å². The van der Waals surface area contributed by atoms with Crippen LogP contribution in [-0.4, -0.2) is 31.8 Å². The summed E-state index contributed by atoms with van der Waals surface area (Å²) < 4.78 is 9.72. The molecule has 5 heteroatoms. The van der Waals surface area contributed by atoms with Gasteiger partial charge in [-0.05, 0) is 31.0 Å². The fourth-order valence-corrected chi connectivity index (χ4v) is 1.57. The number of aryl methyl sites for hydroxylation is 1. The predicted octanol–water partition coefficient (Wildman–Crippen LogP) is 1.08. The number of ether oxygens (including phenoxy) is 2. The molecule has 1 rings (SSSR count). The van der Waals surface area contributed by atoms with Crippen molar-refractivity contribution < 1.29 is 19.4 Å². The number of nitrogens with two attached hydrogens (primary N) is 1. The number of carbonyl (C=O) groups excluding carboxylic acids is 1. The second-order valence-electron chi connectivity index (χ2n) is 3.57. The third-order valence-electron chi connectivity index (χ3n) is 2.45. The first kappa shape index (κ1) is 13.3. The molecule has 94 valence electrons. The number of methoxy groups -OCH3 is 2. The maximum Gasteiger partial charge on any atom is 0.341 e. The SMILES string of the molecule is COC(=O)c1cc(CCCN)c(OC)cc1O. The van der Waals surface area contributed by atoms with Gasteiger partial charge in [0.15, 0.2) is 0 Å². The molecule has 0 aliphatic carbocycles. The number of rotatable bonds is 5. The first-order chi connectivity index (χ1) is 8.13. The second-order valence-corrected chi connectivity index (χ2v) is 3.57. The first-order valence-corrected chi connectivity index (χ1v) is 5.32.